The van der Waals surface area contributed by atoms with Crippen LogP contribution in [-0.2, 0) is 4.79 Å². The Kier molecular flexibility index (Phi) is 4.21. The molecular formula is C11H11NO5. The predicted molar refractivity (Wildman–Crippen MR) is 60.1 cm³/mol. The Hall–Kier alpha value is -2.37. The van der Waals surface area contributed by atoms with Gasteiger partial charge in [-0.2, -0.15) is 0 Å². The zero-order chi connectivity index (χ0) is 12.8. The van der Waals surface area contributed by atoms with Crippen molar-refractivity contribution in [1.82, 2.24) is 0 Å². The number of nitro groups is 1. The van der Waals surface area contributed by atoms with Crippen molar-refractivity contribution in [3.05, 3.63) is 46.0 Å². The molecule has 1 rings (SSSR count). The Morgan fingerprint density at radius 1 is 1.59 bits per heavy atom. The number of benzene rings is 1. The minimum atomic E-state index is -1.07. The van der Waals surface area contributed by atoms with Crippen LogP contribution in [0.25, 0.3) is 0 Å². The summed E-state index contributed by atoms with van der Waals surface area (Å²) < 4.78 is 5.22. The molecule has 1 aromatic carbocycles. The van der Waals surface area contributed by atoms with E-state index < -0.39 is 10.9 Å². The number of nitro benzene ring substituents is 1. The van der Waals surface area contributed by atoms with E-state index in [1.165, 1.54) is 18.2 Å². The number of carbonyl (C=O) groups is 1. The van der Waals surface area contributed by atoms with Gasteiger partial charge >= 0.3 is 5.97 Å². The molecule has 1 aromatic rings. The Bertz CT molecular complexity index is 467. The lowest BCUT2D eigenvalue weighted by Crippen LogP contribution is -1.99. The second kappa shape index (κ2) is 5.64. The van der Waals surface area contributed by atoms with Gasteiger partial charge in [0.15, 0.2) is 0 Å². The first kappa shape index (κ1) is 12.7. The van der Waals surface area contributed by atoms with E-state index in [2.05, 4.69) is 0 Å². The monoisotopic (exact) mass is 237 g/mol. The molecule has 0 saturated carbocycles. The summed E-state index contributed by atoms with van der Waals surface area (Å²) in [6, 6.07) is 4.49. The summed E-state index contributed by atoms with van der Waals surface area (Å²) in [6.07, 6.45) is 2.27. The van der Waals surface area contributed by atoms with Gasteiger partial charge < -0.3 is 9.84 Å². The van der Waals surface area contributed by atoms with E-state index in [1.54, 1.807) is 13.0 Å². The normalized spacial score (nSPS) is 10.4. The van der Waals surface area contributed by atoms with Crippen LogP contribution in [-0.4, -0.2) is 22.6 Å². The van der Waals surface area contributed by atoms with Crippen LogP contribution in [0.3, 0.4) is 0 Å². The molecule has 6 heteroatoms. The molecule has 0 aliphatic heterocycles. The van der Waals surface area contributed by atoms with Crippen LogP contribution in [0.2, 0.25) is 0 Å². The lowest BCUT2D eigenvalue weighted by atomic mass is 10.2. The van der Waals surface area contributed by atoms with Gasteiger partial charge in [0.25, 0.3) is 5.69 Å². The molecule has 0 aromatic heterocycles. The van der Waals surface area contributed by atoms with Crippen LogP contribution < -0.4 is 4.74 Å². The van der Waals surface area contributed by atoms with Gasteiger partial charge in [-0.1, -0.05) is 6.07 Å². The predicted octanol–water partition coefficient (Wildman–Crippen LogP) is 1.92. The van der Waals surface area contributed by atoms with E-state index in [0.29, 0.717) is 11.3 Å². The van der Waals surface area contributed by atoms with E-state index in [0.717, 1.165) is 6.08 Å². The SMILES string of the molecule is Cc1c(OC/C=C/C(=O)O)cccc1[N+](=O)[O-]. The van der Waals surface area contributed by atoms with Gasteiger partial charge in [-0.25, -0.2) is 4.79 Å². The molecular weight excluding hydrogens is 226 g/mol. The summed E-state index contributed by atoms with van der Waals surface area (Å²) in [5.74, 6) is -0.696. The fraction of sp³-hybridized carbons (Fsp3) is 0.182. The number of hydrogen-bond acceptors (Lipinski definition) is 4. The molecule has 1 N–H and O–H groups in total. The van der Waals surface area contributed by atoms with Crippen molar-refractivity contribution in [2.75, 3.05) is 6.61 Å². The van der Waals surface area contributed by atoms with Crippen LogP contribution in [0.1, 0.15) is 5.56 Å². The van der Waals surface area contributed by atoms with Crippen LogP contribution >= 0.6 is 0 Å². The summed E-state index contributed by atoms with van der Waals surface area (Å²) in [4.78, 5) is 20.4. The number of ether oxygens (including phenoxy) is 1. The van der Waals surface area contributed by atoms with Gasteiger partial charge in [0.2, 0.25) is 0 Å². The second-order valence-electron chi connectivity index (χ2n) is 3.21. The van der Waals surface area contributed by atoms with E-state index >= 15 is 0 Å². The van der Waals surface area contributed by atoms with Crippen molar-refractivity contribution in [3.8, 4) is 5.75 Å². The number of rotatable bonds is 5. The van der Waals surface area contributed by atoms with Crippen molar-refractivity contribution >= 4 is 11.7 Å². The molecule has 90 valence electrons. The van der Waals surface area contributed by atoms with E-state index in [-0.39, 0.29) is 12.3 Å². The average molecular weight is 237 g/mol. The first-order chi connectivity index (χ1) is 8.02. The maximum atomic E-state index is 10.7. The topological polar surface area (TPSA) is 89.7 Å². The van der Waals surface area contributed by atoms with Crippen LogP contribution in [0.5, 0.6) is 5.75 Å². The van der Waals surface area contributed by atoms with Gasteiger partial charge in [-0.15, -0.1) is 0 Å². The van der Waals surface area contributed by atoms with Crippen LogP contribution in [0.4, 0.5) is 5.69 Å². The van der Waals surface area contributed by atoms with Crippen LogP contribution in [0.15, 0.2) is 30.4 Å². The minimum Gasteiger partial charge on any atom is -0.489 e. The van der Waals surface area contributed by atoms with Gasteiger partial charge in [-0.05, 0) is 19.1 Å². The first-order valence-corrected chi connectivity index (χ1v) is 4.78. The van der Waals surface area contributed by atoms with Crippen LogP contribution in [0, 0.1) is 17.0 Å². The van der Waals surface area contributed by atoms with Gasteiger partial charge in [0.05, 0.1) is 10.5 Å². The molecule has 0 radical (unpaired) electrons. The van der Waals surface area contributed by atoms with Crippen molar-refractivity contribution in [2.45, 2.75) is 6.92 Å². The molecule has 0 aliphatic rings. The van der Waals surface area contributed by atoms with Crippen molar-refractivity contribution < 1.29 is 19.6 Å². The lowest BCUT2D eigenvalue weighted by molar-refractivity contribution is -0.385. The highest BCUT2D eigenvalue weighted by molar-refractivity contribution is 5.79. The third kappa shape index (κ3) is 3.60. The zero-order valence-electron chi connectivity index (χ0n) is 9.12. The summed E-state index contributed by atoms with van der Waals surface area (Å²) in [7, 11) is 0. The molecule has 0 spiro atoms. The molecule has 0 bridgehead atoms. The van der Waals surface area contributed by atoms with E-state index in [9.17, 15) is 14.9 Å². The van der Waals surface area contributed by atoms with Gasteiger partial charge in [-0.3, -0.25) is 10.1 Å². The highest BCUT2D eigenvalue weighted by Crippen LogP contribution is 2.26. The largest absolute Gasteiger partial charge is 0.489 e. The number of nitrogens with zero attached hydrogens (tertiary/aromatic N) is 1. The third-order valence-electron chi connectivity index (χ3n) is 2.05. The smallest absolute Gasteiger partial charge is 0.328 e. The quantitative estimate of drug-likeness (QED) is 0.480. The summed E-state index contributed by atoms with van der Waals surface area (Å²) in [5, 5.41) is 19.0. The Balaban J connectivity index is 2.75. The third-order valence-corrected chi connectivity index (χ3v) is 2.05. The average Bonchev–Trinajstić information content (AvgIpc) is 2.25. The zero-order valence-corrected chi connectivity index (χ0v) is 9.12. The molecule has 0 saturated heterocycles. The lowest BCUT2D eigenvalue weighted by Gasteiger charge is -2.06. The highest BCUT2D eigenvalue weighted by atomic mass is 16.6. The number of carboxylic acids is 1. The fourth-order valence-electron chi connectivity index (χ4n) is 1.24. The Morgan fingerprint density at radius 2 is 2.29 bits per heavy atom. The number of aliphatic carboxylic acids is 1. The minimum absolute atomic E-state index is 0.0234. The molecule has 0 unspecified atom stereocenters. The first-order valence-electron chi connectivity index (χ1n) is 4.78. The Labute approximate surface area is 97.3 Å². The summed E-state index contributed by atoms with van der Waals surface area (Å²) >= 11 is 0. The van der Waals surface area contributed by atoms with E-state index in [1.807, 2.05) is 0 Å². The van der Waals surface area contributed by atoms with Crippen molar-refractivity contribution in [3.63, 3.8) is 0 Å². The standard InChI is InChI=1S/C11H11NO5/c1-8-9(12(15)16)4-2-5-10(8)17-7-3-6-11(13)14/h2-6H,7H2,1H3,(H,13,14)/b6-3+. The Morgan fingerprint density at radius 3 is 2.88 bits per heavy atom. The van der Waals surface area contributed by atoms with Gasteiger partial charge in [0, 0.05) is 12.1 Å². The second-order valence-corrected chi connectivity index (χ2v) is 3.21. The molecule has 0 amide bonds. The molecule has 6 nitrogen and oxygen atoms in total. The molecule has 0 fully saturated rings. The maximum Gasteiger partial charge on any atom is 0.328 e. The molecule has 0 heterocycles. The highest BCUT2D eigenvalue weighted by Gasteiger charge is 2.13. The van der Waals surface area contributed by atoms with Crippen molar-refractivity contribution in [1.29, 1.82) is 0 Å². The molecule has 17 heavy (non-hydrogen) atoms. The summed E-state index contributed by atoms with van der Waals surface area (Å²) in [6.45, 7) is 1.63. The summed E-state index contributed by atoms with van der Waals surface area (Å²) in [5.41, 5.74) is 0.394. The fourth-order valence-corrected chi connectivity index (χ4v) is 1.24. The van der Waals surface area contributed by atoms with Crippen molar-refractivity contribution in [2.24, 2.45) is 0 Å². The van der Waals surface area contributed by atoms with E-state index in [4.69, 9.17) is 9.84 Å². The van der Waals surface area contributed by atoms with Gasteiger partial charge in [0.1, 0.15) is 12.4 Å². The number of carboxylic acid groups (broad SMARTS) is 1. The maximum absolute atomic E-state index is 10.7. The molecule has 0 aliphatic carbocycles. The molecule has 0 atom stereocenters. The number of hydrogen-bond donors (Lipinski definition) is 1.